The maximum Gasteiger partial charge on any atom is 0.435 e. The van der Waals surface area contributed by atoms with Gasteiger partial charge in [-0.3, -0.25) is 0 Å². The molecule has 0 fully saturated rings. The van der Waals surface area contributed by atoms with Crippen LogP contribution in [-0.4, -0.2) is 29.7 Å². The number of benzene rings is 5. The minimum absolute atomic E-state index is 0.388. The largest absolute Gasteiger partial charge is 0.435 e. The van der Waals surface area contributed by atoms with Crippen LogP contribution in [0.15, 0.2) is 152 Å². The zero-order valence-electron chi connectivity index (χ0n) is 28.4. The lowest BCUT2D eigenvalue weighted by atomic mass is 9.74. The highest BCUT2D eigenvalue weighted by molar-refractivity contribution is 5.87. The molecule has 0 atom stereocenters. The van der Waals surface area contributed by atoms with Crippen molar-refractivity contribution in [2.24, 2.45) is 0 Å². The Balaban J connectivity index is 1.20. The Morgan fingerprint density at radius 1 is 0.463 bits per heavy atom. The smallest absolute Gasteiger partial charge is 0.245 e. The maximum absolute atomic E-state index is 14.5. The number of hydrogen-bond acceptors (Lipinski definition) is 5. The predicted molar refractivity (Wildman–Crippen MR) is 203 cm³/mol. The Labute approximate surface area is 308 Å². The Morgan fingerprint density at radius 3 is 1.44 bits per heavy atom. The second-order valence-electron chi connectivity index (χ2n) is 13.3. The van der Waals surface area contributed by atoms with Gasteiger partial charge in [0.05, 0.1) is 5.69 Å². The van der Waals surface area contributed by atoms with E-state index in [0.29, 0.717) is 22.9 Å². The number of hydrogen-bond donors (Lipinski definition) is 0. The molecule has 0 bridgehead atoms. The van der Waals surface area contributed by atoms with Crippen molar-refractivity contribution in [2.75, 3.05) is 0 Å². The van der Waals surface area contributed by atoms with Crippen LogP contribution in [0.1, 0.15) is 33.5 Å². The Kier molecular flexibility index (Phi) is 7.06. The first-order chi connectivity index (χ1) is 26.4. The molecule has 10 rings (SSSR count). The minimum Gasteiger partial charge on any atom is -0.245 e. The quantitative estimate of drug-likeness (QED) is 0.182. The Bertz CT molecular complexity index is 2600. The van der Waals surface area contributed by atoms with E-state index < -0.39 is 17.4 Å². The van der Waals surface area contributed by atoms with E-state index in [-0.39, 0.29) is 0 Å². The van der Waals surface area contributed by atoms with Gasteiger partial charge in [0.2, 0.25) is 0 Å². The van der Waals surface area contributed by atoms with Crippen molar-refractivity contribution >= 4 is 12.2 Å². The van der Waals surface area contributed by atoms with Crippen LogP contribution in [0.5, 0.6) is 0 Å². The second-order valence-corrected chi connectivity index (χ2v) is 13.3. The van der Waals surface area contributed by atoms with Crippen LogP contribution in [0.2, 0.25) is 0 Å². The minimum atomic E-state index is -4.65. The molecule has 0 saturated carbocycles. The number of rotatable bonds is 4. The lowest BCUT2D eigenvalue weighted by Crippen LogP contribution is -2.37. The van der Waals surface area contributed by atoms with Gasteiger partial charge in [-0.2, -0.15) is 18.3 Å². The second kappa shape index (κ2) is 12.0. The van der Waals surface area contributed by atoms with Gasteiger partial charge in [-0.25, -0.2) is 24.6 Å². The van der Waals surface area contributed by atoms with Gasteiger partial charge in [0.15, 0.2) is 17.3 Å². The molecular weight excluding hydrogens is 682 g/mol. The molecule has 54 heavy (non-hydrogen) atoms. The molecule has 0 saturated heterocycles. The van der Waals surface area contributed by atoms with E-state index in [9.17, 15) is 13.2 Å². The molecule has 1 spiro atoms. The summed E-state index contributed by atoms with van der Waals surface area (Å²) in [6, 6.07) is 40.4. The van der Waals surface area contributed by atoms with Gasteiger partial charge >= 0.3 is 6.18 Å². The number of alkyl halides is 3. The van der Waals surface area contributed by atoms with E-state index in [4.69, 9.17) is 0 Å². The van der Waals surface area contributed by atoms with Gasteiger partial charge in [0.25, 0.3) is 0 Å². The zero-order valence-corrected chi connectivity index (χ0v) is 28.4. The highest BCUT2D eigenvalue weighted by atomic mass is 19.4. The van der Waals surface area contributed by atoms with Crippen LogP contribution in [0, 0.1) is 0 Å². The summed E-state index contributed by atoms with van der Waals surface area (Å²) < 4.78 is 45.1. The summed E-state index contributed by atoms with van der Waals surface area (Å²) in [7, 11) is 0. The highest BCUT2D eigenvalue weighted by Gasteiger charge is 2.51. The van der Waals surface area contributed by atoms with E-state index in [1.807, 2.05) is 133 Å². The summed E-state index contributed by atoms with van der Waals surface area (Å²) in [4.78, 5) is 18.7. The van der Waals surface area contributed by atoms with Gasteiger partial charge in [-0.15, -0.1) is 0 Å². The number of nitrogens with zero attached hydrogens (tertiary/aromatic N) is 6. The van der Waals surface area contributed by atoms with Crippen molar-refractivity contribution in [3.05, 3.63) is 186 Å². The van der Waals surface area contributed by atoms with Crippen molar-refractivity contribution in [1.29, 1.82) is 0 Å². The van der Waals surface area contributed by atoms with Crippen LogP contribution in [-0.2, 0) is 11.7 Å². The molecule has 2 aliphatic rings. The van der Waals surface area contributed by atoms with Gasteiger partial charge < -0.3 is 0 Å². The van der Waals surface area contributed by atoms with Crippen LogP contribution < -0.4 is 0 Å². The Morgan fingerprint density at radius 2 is 0.944 bits per heavy atom. The van der Waals surface area contributed by atoms with Gasteiger partial charge in [0.1, 0.15) is 5.54 Å². The average molecular weight is 709 g/mol. The van der Waals surface area contributed by atoms with Crippen molar-refractivity contribution in [3.63, 3.8) is 0 Å². The van der Waals surface area contributed by atoms with Crippen molar-refractivity contribution in [2.45, 2.75) is 11.7 Å². The normalized spacial score (nSPS) is 13.5. The summed E-state index contributed by atoms with van der Waals surface area (Å²) in [6.07, 6.45) is 6.52. The first-order valence-electron chi connectivity index (χ1n) is 17.4. The SMILES string of the molecule is FC(F)(F)c1cc2n(n1)C1(c3cc(-c4cnc(-c5ccccc5)nc4)ccc3C=Cc3ccc(-c4cnc(-c5ccccc5)nc4)cc31)c1ccccc1-2. The number of aromatic nitrogens is 6. The van der Waals surface area contributed by atoms with E-state index in [1.54, 1.807) is 29.5 Å². The highest BCUT2D eigenvalue weighted by Crippen LogP contribution is 2.55. The summed E-state index contributed by atoms with van der Waals surface area (Å²) in [5.41, 5.74) is 7.89. The molecule has 5 aromatic carbocycles. The fourth-order valence-electron chi connectivity index (χ4n) is 7.76. The van der Waals surface area contributed by atoms with Gasteiger partial charge in [-0.05, 0) is 57.1 Å². The summed E-state index contributed by atoms with van der Waals surface area (Å²) >= 11 is 0. The van der Waals surface area contributed by atoms with Crippen LogP contribution in [0.25, 0.3) is 68.4 Å². The van der Waals surface area contributed by atoms with Crippen molar-refractivity contribution in [3.8, 4) is 56.3 Å². The molecule has 1 aliphatic carbocycles. The molecule has 0 N–H and O–H groups in total. The number of halogens is 3. The van der Waals surface area contributed by atoms with Crippen LogP contribution >= 0.6 is 0 Å². The van der Waals surface area contributed by atoms with E-state index in [0.717, 1.165) is 67.3 Å². The molecule has 3 aromatic heterocycles. The first kappa shape index (κ1) is 31.7. The third-order valence-corrected chi connectivity index (χ3v) is 10.3. The van der Waals surface area contributed by atoms with E-state index in [2.05, 4.69) is 25.0 Å². The van der Waals surface area contributed by atoms with Crippen LogP contribution in [0.4, 0.5) is 13.2 Å². The van der Waals surface area contributed by atoms with Crippen molar-refractivity contribution < 1.29 is 13.2 Å². The lowest BCUT2D eigenvalue weighted by Gasteiger charge is -2.35. The number of fused-ring (bicyclic) bond motifs is 9. The Hall–Kier alpha value is -7.00. The molecule has 6 nitrogen and oxygen atoms in total. The molecule has 1 aliphatic heterocycles. The summed E-state index contributed by atoms with van der Waals surface area (Å²) in [5.74, 6) is 1.20. The lowest BCUT2D eigenvalue weighted by molar-refractivity contribution is -0.141. The van der Waals surface area contributed by atoms with Crippen LogP contribution in [0.3, 0.4) is 0 Å². The van der Waals surface area contributed by atoms with Crippen molar-refractivity contribution in [1.82, 2.24) is 29.7 Å². The molecule has 0 amide bonds. The van der Waals surface area contributed by atoms with E-state index in [1.165, 1.54) is 0 Å². The standard InChI is InChI=1S/C45H27F3N6/c46-45(47,48)41-23-40-36-13-7-8-14-37(36)44(54(40)53-41)38-21-32(34-24-49-42(50-25-34)30-9-3-1-4-10-30)19-17-28(38)15-16-29-18-20-33(22-39(29)44)35-26-51-43(52-27-35)31-11-5-2-6-12-31/h1-27H. The van der Waals surface area contributed by atoms with Gasteiger partial charge in [-0.1, -0.05) is 121 Å². The topological polar surface area (TPSA) is 69.4 Å². The summed E-state index contributed by atoms with van der Waals surface area (Å²) in [5, 5.41) is 4.40. The molecule has 4 heterocycles. The zero-order chi connectivity index (χ0) is 36.4. The third kappa shape index (κ3) is 4.93. The van der Waals surface area contributed by atoms with Gasteiger partial charge in [0, 0.05) is 52.6 Å². The monoisotopic (exact) mass is 708 g/mol. The molecule has 258 valence electrons. The molecule has 9 heteroatoms. The molecule has 0 unspecified atom stereocenters. The predicted octanol–water partition coefficient (Wildman–Crippen LogP) is 10.5. The van der Waals surface area contributed by atoms with E-state index >= 15 is 0 Å². The third-order valence-electron chi connectivity index (χ3n) is 10.3. The molecule has 8 aromatic rings. The fourth-order valence-corrected chi connectivity index (χ4v) is 7.76. The maximum atomic E-state index is 14.5. The summed E-state index contributed by atoms with van der Waals surface area (Å²) in [6.45, 7) is 0. The molecule has 0 radical (unpaired) electrons. The molecular formula is C45H27F3N6. The fraction of sp³-hybridized carbons (Fsp3) is 0.0444. The first-order valence-corrected chi connectivity index (χ1v) is 17.4. The average Bonchev–Trinajstić information content (AvgIpc) is 3.75.